The second kappa shape index (κ2) is 19.0. The maximum Gasteiger partial charge on any atom is 0.314 e. The Balaban J connectivity index is 3.74. The summed E-state index contributed by atoms with van der Waals surface area (Å²) in [6.07, 6.45) is 21.2. The van der Waals surface area contributed by atoms with Crippen LogP contribution in [0.5, 0.6) is 0 Å². The normalized spacial score (nSPS) is 14.4. The van der Waals surface area contributed by atoms with Gasteiger partial charge in [0, 0.05) is 13.7 Å². The van der Waals surface area contributed by atoms with E-state index in [9.17, 15) is 16.8 Å². The smallest absolute Gasteiger partial charge is 0.314 e. The van der Waals surface area contributed by atoms with Gasteiger partial charge in [0.05, 0.1) is 12.9 Å². The van der Waals surface area contributed by atoms with E-state index < -0.39 is 25.2 Å². The second-order valence-electron chi connectivity index (χ2n) is 9.05. The molecule has 0 fully saturated rings. The first-order valence-electron chi connectivity index (χ1n) is 12.9. The minimum Gasteiger partial charge on any atom is -0.377 e. The second-order valence-corrected chi connectivity index (χ2v) is 12.7. The number of methoxy groups -OCH3 is 1. The van der Waals surface area contributed by atoms with Gasteiger partial charge < -0.3 is 9.47 Å². The van der Waals surface area contributed by atoms with Crippen molar-refractivity contribution in [3.63, 3.8) is 0 Å². The Morgan fingerprint density at radius 3 is 1.36 bits per heavy atom. The van der Waals surface area contributed by atoms with Crippen LogP contribution in [0.15, 0.2) is 0 Å². The van der Waals surface area contributed by atoms with E-state index in [0.717, 1.165) is 19.3 Å². The minimum atomic E-state index is -4.50. The monoisotopic (exact) mass is 514 g/mol. The zero-order valence-corrected chi connectivity index (χ0v) is 23.2. The van der Waals surface area contributed by atoms with Crippen molar-refractivity contribution >= 4 is 20.2 Å². The molecule has 0 amide bonds. The number of hydrogen-bond acceptors (Lipinski definition) is 7. The quantitative estimate of drug-likeness (QED) is 0.139. The van der Waals surface area contributed by atoms with E-state index in [4.69, 9.17) is 9.47 Å². The lowest BCUT2D eigenvalue weighted by Crippen LogP contribution is -2.46. The van der Waals surface area contributed by atoms with Gasteiger partial charge in [0.15, 0.2) is 0 Å². The van der Waals surface area contributed by atoms with Crippen molar-refractivity contribution in [3.05, 3.63) is 0 Å². The van der Waals surface area contributed by atoms with Gasteiger partial charge in [-0.25, -0.2) is 0 Å². The first kappa shape index (κ1) is 32.8. The number of ether oxygens (including phenoxy) is 2. The van der Waals surface area contributed by atoms with Crippen LogP contribution in [0.1, 0.15) is 123 Å². The summed E-state index contributed by atoms with van der Waals surface area (Å²) < 4.78 is 62.2. The molecule has 0 heterocycles. The molecule has 33 heavy (non-hydrogen) atoms. The minimum absolute atomic E-state index is 0.0142. The molecule has 0 aromatic rings. The SMILES string of the molecule is CCCCCCCCCCCCCCCCCCOCC(CC)(OC)S(=O)(=O)OS(C)(=O)=O. The van der Waals surface area contributed by atoms with Crippen molar-refractivity contribution in [2.24, 2.45) is 0 Å². The van der Waals surface area contributed by atoms with Crippen LogP contribution in [0, 0.1) is 0 Å². The lowest BCUT2D eigenvalue weighted by molar-refractivity contribution is -0.0272. The highest BCUT2D eigenvalue weighted by molar-refractivity contribution is 8.00. The first-order valence-corrected chi connectivity index (χ1v) is 16.1. The van der Waals surface area contributed by atoms with E-state index in [0.29, 0.717) is 12.9 Å². The van der Waals surface area contributed by atoms with Gasteiger partial charge in [0.1, 0.15) is 0 Å². The van der Waals surface area contributed by atoms with Crippen LogP contribution in [0.3, 0.4) is 0 Å². The van der Waals surface area contributed by atoms with E-state index in [-0.39, 0.29) is 13.0 Å². The lowest BCUT2D eigenvalue weighted by Gasteiger charge is -2.29. The van der Waals surface area contributed by atoms with Crippen molar-refractivity contribution in [1.29, 1.82) is 0 Å². The summed E-state index contributed by atoms with van der Waals surface area (Å²) in [5, 5.41) is 0. The van der Waals surface area contributed by atoms with Crippen molar-refractivity contribution in [3.8, 4) is 0 Å². The van der Waals surface area contributed by atoms with Gasteiger partial charge in [-0.2, -0.15) is 16.8 Å². The molecule has 0 aromatic heterocycles. The maximum absolute atomic E-state index is 12.3. The Morgan fingerprint density at radius 1 is 0.636 bits per heavy atom. The molecule has 0 aliphatic carbocycles. The molecule has 1 unspecified atom stereocenters. The van der Waals surface area contributed by atoms with Crippen LogP contribution in [-0.2, 0) is 33.3 Å². The highest BCUT2D eigenvalue weighted by atomic mass is 32.3. The highest BCUT2D eigenvalue weighted by Gasteiger charge is 2.46. The number of hydrogen-bond donors (Lipinski definition) is 0. The molecule has 0 radical (unpaired) electrons. The van der Waals surface area contributed by atoms with Crippen LogP contribution in [0.4, 0.5) is 0 Å². The van der Waals surface area contributed by atoms with Crippen molar-refractivity contribution in [2.45, 2.75) is 128 Å². The molecule has 0 bridgehead atoms. The van der Waals surface area contributed by atoms with Gasteiger partial charge in [0.25, 0.3) is 10.1 Å². The van der Waals surface area contributed by atoms with Gasteiger partial charge in [-0.3, -0.25) is 0 Å². The molecule has 0 saturated heterocycles. The van der Waals surface area contributed by atoms with E-state index in [2.05, 4.69) is 10.6 Å². The molecular weight excluding hydrogens is 464 g/mol. The summed E-state index contributed by atoms with van der Waals surface area (Å²) in [4.78, 5) is -1.83. The summed E-state index contributed by atoms with van der Waals surface area (Å²) in [5.41, 5.74) is 0. The van der Waals surface area contributed by atoms with Crippen molar-refractivity contribution in [1.82, 2.24) is 0 Å². The van der Waals surface area contributed by atoms with Crippen molar-refractivity contribution < 1.29 is 29.9 Å². The number of rotatable bonds is 24. The molecule has 0 spiro atoms. The van der Waals surface area contributed by atoms with E-state index in [1.54, 1.807) is 6.92 Å². The molecule has 0 aliphatic rings. The van der Waals surface area contributed by atoms with Crippen LogP contribution >= 0.6 is 0 Å². The number of unbranched alkanes of at least 4 members (excludes halogenated alkanes) is 15. The summed E-state index contributed by atoms with van der Waals surface area (Å²) in [6, 6.07) is 0. The first-order chi connectivity index (χ1) is 15.6. The molecular formula is C24H50O7S2. The third-order valence-electron chi connectivity index (χ3n) is 6.04. The van der Waals surface area contributed by atoms with Gasteiger partial charge in [-0.05, 0) is 12.8 Å². The Labute approximate surface area is 204 Å². The molecule has 1 atom stereocenters. The predicted molar refractivity (Wildman–Crippen MR) is 135 cm³/mol. The van der Waals surface area contributed by atoms with E-state index in [1.165, 1.54) is 90.6 Å². The van der Waals surface area contributed by atoms with Gasteiger partial charge in [-0.15, -0.1) is 3.63 Å². The van der Waals surface area contributed by atoms with Crippen LogP contribution in [0.2, 0.25) is 0 Å². The average molecular weight is 515 g/mol. The molecule has 0 N–H and O–H groups in total. The van der Waals surface area contributed by atoms with E-state index >= 15 is 0 Å². The topological polar surface area (TPSA) is 96.0 Å². The zero-order valence-electron chi connectivity index (χ0n) is 21.6. The molecule has 9 heteroatoms. The van der Waals surface area contributed by atoms with Crippen LogP contribution in [0.25, 0.3) is 0 Å². The van der Waals surface area contributed by atoms with Gasteiger partial charge >= 0.3 is 10.1 Å². The van der Waals surface area contributed by atoms with Crippen molar-refractivity contribution in [2.75, 3.05) is 26.6 Å². The summed E-state index contributed by atoms with van der Waals surface area (Å²) in [6.45, 7) is 3.98. The summed E-state index contributed by atoms with van der Waals surface area (Å²) in [7, 11) is -7.46. The van der Waals surface area contributed by atoms with E-state index in [1.807, 2.05) is 0 Å². The Hall–Kier alpha value is -0.220. The molecule has 0 rings (SSSR count). The standard InChI is InChI=1S/C24H50O7S2/c1-5-7-8-9-10-11-12-13-14-15-16-17-18-19-20-21-22-30-23-24(6-2,29-3)33(27,28)31-32(4,25)26/h5-23H2,1-4H3. The lowest BCUT2D eigenvalue weighted by atomic mass is 10.0. The summed E-state index contributed by atoms with van der Waals surface area (Å²) >= 11 is 0. The Kier molecular flexibility index (Phi) is 18.9. The zero-order chi connectivity index (χ0) is 25.1. The third-order valence-corrected chi connectivity index (χ3v) is 9.23. The fourth-order valence-corrected chi connectivity index (χ4v) is 6.44. The molecule has 200 valence electrons. The summed E-state index contributed by atoms with van der Waals surface area (Å²) in [5.74, 6) is 0. The molecule has 0 aliphatic heterocycles. The molecule has 0 saturated carbocycles. The molecule has 0 aromatic carbocycles. The fourth-order valence-electron chi connectivity index (χ4n) is 3.86. The molecule has 7 nitrogen and oxygen atoms in total. The predicted octanol–water partition coefficient (Wildman–Crippen LogP) is 6.32. The average Bonchev–Trinajstić information content (AvgIpc) is 2.74. The maximum atomic E-state index is 12.3. The largest absolute Gasteiger partial charge is 0.377 e. The highest BCUT2D eigenvalue weighted by Crippen LogP contribution is 2.26. The van der Waals surface area contributed by atoms with Crippen LogP contribution in [-0.4, -0.2) is 48.3 Å². The third kappa shape index (κ3) is 16.1. The Morgan fingerprint density at radius 2 is 1.03 bits per heavy atom. The Bertz CT molecular complexity index is 656. The van der Waals surface area contributed by atoms with Gasteiger partial charge in [-0.1, -0.05) is 110 Å². The van der Waals surface area contributed by atoms with Gasteiger partial charge in [0.2, 0.25) is 4.93 Å². The van der Waals surface area contributed by atoms with Crippen LogP contribution < -0.4 is 0 Å². The fraction of sp³-hybridized carbons (Fsp3) is 1.00.